The van der Waals surface area contributed by atoms with Crippen LogP contribution in [0.5, 0.6) is 5.88 Å². The number of nitrogens with zero attached hydrogens (tertiary/aromatic N) is 4. The average molecular weight is 464 g/mol. The van der Waals surface area contributed by atoms with Crippen LogP contribution in [0.4, 0.5) is 0 Å². The maximum Gasteiger partial charge on any atom is 0.213 e. The first-order valence-electron chi connectivity index (χ1n) is 7.25. The third-order valence-corrected chi connectivity index (χ3v) is 3.71. The predicted molar refractivity (Wildman–Crippen MR) is 108 cm³/mol. The second kappa shape index (κ2) is 9.73. The number of pyridine rings is 1. The Morgan fingerprint density at radius 1 is 1.46 bits per heavy atom. The maximum absolute atomic E-state index is 6.03. The zero-order valence-electron chi connectivity index (χ0n) is 14.3. The van der Waals surface area contributed by atoms with Gasteiger partial charge in [-0.1, -0.05) is 11.6 Å². The SMILES string of the molecule is CN=C(NCc1ccnc(OC)c1)N(C)Cc1cc(Cl)cn1C.I. The van der Waals surface area contributed by atoms with Crippen LogP contribution in [-0.4, -0.2) is 41.6 Å². The lowest BCUT2D eigenvalue weighted by atomic mass is 10.2. The fourth-order valence-corrected chi connectivity index (χ4v) is 2.55. The Morgan fingerprint density at radius 2 is 2.21 bits per heavy atom. The quantitative estimate of drug-likeness (QED) is 0.421. The summed E-state index contributed by atoms with van der Waals surface area (Å²) in [4.78, 5) is 10.5. The van der Waals surface area contributed by atoms with Gasteiger partial charge in [0.15, 0.2) is 5.96 Å². The van der Waals surface area contributed by atoms with Gasteiger partial charge in [-0.05, 0) is 17.7 Å². The Labute approximate surface area is 164 Å². The molecule has 0 radical (unpaired) electrons. The van der Waals surface area contributed by atoms with E-state index in [0.29, 0.717) is 19.0 Å². The molecule has 0 fully saturated rings. The molecule has 0 bridgehead atoms. The molecule has 0 aliphatic rings. The van der Waals surface area contributed by atoms with Gasteiger partial charge in [0.1, 0.15) is 0 Å². The van der Waals surface area contributed by atoms with Crippen molar-refractivity contribution < 1.29 is 4.74 Å². The average Bonchev–Trinajstić information content (AvgIpc) is 2.85. The number of nitrogens with one attached hydrogen (secondary N) is 1. The van der Waals surface area contributed by atoms with Crippen LogP contribution < -0.4 is 10.1 Å². The van der Waals surface area contributed by atoms with Crippen molar-refractivity contribution in [3.05, 3.63) is 46.9 Å². The topological polar surface area (TPSA) is 54.7 Å². The van der Waals surface area contributed by atoms with Crippen molar-refractivity contribution in [1.29, 1.82) is 0 Å². The summed E-state index contributed by atoms with van der Waals surface area (Å²) in [6.07, 6.45) is 3.62. The van der Waals surface area contributed by atoms with E-state index in [1.807, 2.05) is 48.0 Å². The smallest absolute Gasteiger partial charge is 0.213 e. The standard InChI is InChI=1S/C16H22ClN5O.HI/c1-18-16(20-9-12-5-6-19-15(7-12)23-4)22(3)11-14-8-13(17)10-21(14)2;/h5-8,10H,9,11H2,1-4H3,(H,18,20);1H. The Kier molecular flexibility index (Phi) is 8.34. The third-order valence-electron chi connectivity index (χ3n) is 3.51. The molecular weight excluding hydrogens is 441 g/mol. The normalized spacial score (nSPS) is 11.0. The van der Waals surface area contributed by atoms with Gasteiger partial charge in [-0.25, -0.2) is 4.98 Å². The Hall–Kier alpha value is -1.48. The molecule has 0 unspecified atom stereocenters. The molecule has 132 valence electrons. The Morgan fingerprint density at radius 3 is 2.79 bits per heavy atom. The van der Waals surface area contributed by atoms with E-state index in [1.165, 1.54) is 0 Å². The number of aryl methyl sites for hydroxylation is 1. The highest BCUT2D eigenvalue weighted by molar-refractivity contribution is 14.0. The summed E-state index contributed by atoms with van der Waals surface area (Å²) >= 11 is 6.03. The van der Waals surface area contributed by atoms with Gasteiger partial charge in [-0.15, -0.1) is 24.0 Å². The molecule has 24 heavy (non-hydrogen) atoms. The highest BCUT2D eigenvalue weighted by atomic mass is 127. The molecule has 6 nitrogen and oxygen atoms in total. The fraction of sp³-hybridized carbons (Fsp3) is 0.375. The van der Waals surface area contributed by atoms with E-state index in [9.17, 15) is 0 Å². The van der Waals surface area contributed by atoms with Crippen LogP contribution in [0.15, 0.2) is 35.6 Å². The van der Waals surface area contributed by atoms with E-state index >= 15 is 0 Å². The van der Waals surface area contributed by atoms with Crippen molar-refractivity contribution >= 4 is 41.5 Å². The molecule has 2 heterocycles. The van der Waals surface area contributed by atoms with E-state index in [2.05, 4.69) is 15.3 Å². The summed E-state index contributed by atoms with van der Waals surface area (Å²) in [6, 6.07) is 5.80. The molecule has 0 spiro atoms. The van der Waals surface area contributed by atoms with E-state index in [0.717, 1.165) is 22.2 Å². The number of aromatic nitrogens is 2. The van der Waals surface area contributed by atoms with Crippen molar-refractivity contribution in [2.75, 3.05) is 21.2 Å². The molecule has 0 saturated carbocycles. The minimum absolute atomic E-state index is 0. The molecule has 2 aromatic heterocycles. The lowest BCUT2D eigenvalue weighted by molar-refractivity contribution is 0.397. The molecule has 1 N–H and O–H groups in total. The van der Waals surface area contributed by atoms with Crippen LogP contribution >= 0.6 is 35.6 Å². The minimum Gasteiger partial charge on any atom is -0.481 e. The number of methoxy groups -OCH3 is 1. The van der Waals surface area contributed by atoms with Crippen molar-refractivity contribution in [1.82, 2.24) is 19.8 Å². The van der Waals surface area contributed by atoms with Gasteiger partial charge >= 0.3 is 0 Å². The number of ether oxygens (including phenoxy) is 1. The first-order chi connectivity index (χ1) is 11.0. The van der Waals surface area contributed by atoms with E-state index < -0.39 is 0 Å². The molecule has 0 aliphatic carbocycles. The van der Waals surface area contributed by atoms with Crippen LogP contribution in [0.3, 0.4) is 0 Å². The summed E-state index contributed by atoms with van der Waals surface area (Å²) in [5.41, 5.74) is 2.19. The largest absolute Gasteiger partial charge is 0.481 e. The number of aliphatic imine (C=N–C) groups is 1. The van der Waals surface area contributed by atoms with Crippen LogP contribution in [0.1, 0.15) is 11.3 Å². The summed E-state index contributed by atoms with van der Waals surface area (Å²) < 4.78 is 7.15. The lowest BCUT2D eigenvalue weighted by Gasteiger charge is -2.22. The monoisotopic (exact) mass is 463 g/mol. The van der Waals surface area contributed by atoms with E-state index in [-0.39, 0.29) is 24.0 Å². The number of hydrogen-bond donors (Lipinski definition) is 1. The highest BCUT2D eigenvalue weighted by Crippen LogP contribution is 2.14. The summed E-state index contributed by atoms with van der Waals surface area (Å²) in [6.45, 7) is 1.35. The van der Waals surface area contributed by atoms with Crippen LogP contribution in [0.2, 0.25) is 5.02 Å². The first kappa shape index (κ1) is 20.6. The second-order valence-corrected chi connectivity index (χ2v) is 5.66. The first-order valence-corrected chi connectivity index (χ1v) is 7.62. The summed E-state index contributed by atoms with van der Waals surface area (Å²) in [5, 5.41) is 4.07. The Bertz CT molecular complexity index is 689. The number of halogens is 2. The zero-order chi connectivity index (χ0) is 16.8. The zero-order valence-corrected chi connectivity index (χ0v) is 17.4. The van der Waals surface area contributed by atoms with Crippen LogP contribution in [-0.2, 0) is 20.1 Å². The van der Waals surface area contributed by atoms with E-state index in [4.69, 9.17) is 16.3 Å². The molecular formula is C16H23ClIN5O. The van der Waals surface area contributed by atoms with Gasteiger partial charge in [0, 0.05) is 51.8 Å². The molecule has 0 aromatic carbocycles. The van der Waals surface area contributed by atoms with Gasteiger partial charge in [0.25, 0.3) is 0 Å². The number of hydrogen-bond acceptors (Lipinski definition) is 3. The van der Waals surface area contributed by atoms with Crippen molar-refractivity contribution in [2.45, 2.75) is 13.1 Å². The Balaban J connectivity index is 0.00000288. The molecule has 2 rings (SSSR count). The molecule has 0 amide bonds. The van der Waals surface area contributed by atoms with Gasteiger partial charge in [0.2, 0.25) is 5.88 Å². The molecule has 8 heteroatoms. The number of guanidine groups is 1. The molecule has 0 atom stereocenters. The predicted octanol–water partition coefficient (Wildman–Crippen LogP) is 2.91. The van der Waals surface area contributed by atoms with Crippen molar-refractivity contribution in [3.63, 3.8) is 0 Å². The maximum atomic E-state index is 6.03. The van der Waals surface area contributed by atoms with Gasteiger partial charge in [0.05, 0.1) is 18.7 Å². The molecule has 2 aromatic rings. The van der Waals surface area contributed by atoms with Gasteiger partial charge in [-0.2, -0.15) is 0 Å². The lowest BCUT2D eigenvalue weighted by Crippen LogP contribution is -2.38. The third kappa shape index (κ3) is 5.55. The minimum atomic E-state index is 0. The second-order valence-electron chi connectivity index (χ2n) is 5.22. The van der Waals surface area contributed by atoms with Crippen molar-refractivity contribution in [2.24, 2.45) is 12.0 Å². The highest BCUT2D eigenvalue weighted by Gasteiger charge is 2.10. The van der Waals surface area contributed by atoms with Crippen LogP contribution in [0, 0.1) is 0 Å². The van der Waals surface area contributed by atoms with E-state index in [1.54, 1.807) is 20.4 Å². The van der Waals surface area contributed by atoms with Gasteiger partial charge < -0.3 is 19.5 Å². The van der Waals surface area contributed by atoms with Crippen LogP contribution in [0.25, 0.3) is 0 Å². The fourth-order valence-electron chi connectivity index (χ4n) is 2.28. The summed E-state index contributed by atoms with van der Waals surface area (Å²) in [5.74, 6) is 1.41. The summed E-state index contributed by atoms with van der Waals surface area (Å²) in [7, 11) is 7.35. The molecule has 0 aliphatic heterocycles. The number of rotatable bonds is 5. The van der Waals surface area contributed by atoms with Crippen molar-refractivity contribution in [3.8, 4) is 5.88 Å². The van der Waals surface area contributed by atoms with Gasteiger partial charge in [-0.3, -0.25) is 4.99 Å². The molecule has 0 saturated heterocycles.